The normalized spacial score (nSPS) is 17.9. The molecular formula is C17H27NO. The first-order chi connectivity index (χ1) is 9.02. The summed E-state index contributed by atoms with van der Waals surface area (Å²) in [6.45, 7) is 9.92. The van der Waals surface area contributed by atoms with Gasteiger partial charge in [-0.15, -0.1) is 0 Å². The lowest BCUT2D eigenvalue weighted by Crippen LogP contribution is -2.27. The Hall–Kier alpha value is -1.02. The first kappa shape index (κ1) is 14.4. The van der Waals surface area contributed by atoms with E-state index in [1.165, 1.54) is 24.0 Å². The number of hydrogen-bond acceptors (Lipinski definition) is 2. The van der Waals surface area contributed by atoms with E-state index in [0.29, 0.717) is 6.04 Å². The predicted octanol–water partition coefficient (Wildman–Crippen LogP) is 3.72. The van der Waals surface area contributed by atoms with Crippen molar-refractivity contribution in [2.45, 2.75) is 65.0 Å². The topological polar surface area (TPSA) is 21.3 Å². The van der Waals surface area contributed by atoms with E-state index >= 15 is 0 Å². The minimum absolute atomic E-state index is 0.0372. The lowest BCUT2D eigenvalue weighted by Gasteiger charge is -2.19. The van der Waals surface area contributed by atoms with Crippen molar-refractivity contribution in [1.29, 1.82) is 0 Å². The van der Waals surface area contributed by atoms with Crippen LogP contribution in [0.15, 0.2) is 18.2 Å². The molecule has 0 bridgehead atoms. The van der Waals surface area contributed by atoms with Gasteiger partial charge in [0, 0.05) is 12.5 Å². The maximum atomic E-state index is 6.12. The number of benzene rings is 1. The maximum absolute atomic E-state index is 6.12. The minimum Gasteiger partial charge on any atom is -0.487 e. The van der Waals surface area contributed by atoms with Crippen molar-refractivity contribution in [2.24, 2.45) is 0 Å². The fourth-order valence-electron chi connectivity index (χ4n) is 2.74. The molecule has 1 N–H and O–H groups in total. The third-order valence-electron chi connectivity index (χ3n) is 3.76. The average Bonchev–Trinajstić information content (AvgIpc) is 2.68. The van der Waals surface area contributed by atoms with Crippen molar-refractivity contribution in [3.05, 3.63) is 29.3 Å². The summed E-state index contributed by atoms with van der Waals surface area (Å²) in [5.41, 5.74) is 2.70. The molecule has 1 atom stereocenters. The molecule has 1 unspecified atom stereocenters. The Bertz CT molecular complexity index is 425. The molecule has 0 aromatic heterocycles. The molecular weight excluding hydrogens is 234 g/mol. The Labute approximate surface area is 117 Å². The van der Waals surface area contributed by atoms with Crippen LogP contribution in [0.4, 0.5) is 0 Å². The number of para-hydroxylation sites is 1. The number of aryl methyl sites for hydroxylation is 1. The van der Waals surface area contributed by atoms with Gasteiger partial charge in [-0.2, -0.15) is 0 Å². The van der Waals surface area contributed by atoms with Gasteiger partial charge in [-0.05, 0) is 57.7 Å². The molecule has 1 aliphatic heterocycles. The van der Waals surface area contributed by atoms with Crippen LogP contribution >= 0.6 is 0 Å². The molecule has 19 heavy (non-hydrogen) atoms. The molecule has 1 aliphatic rings. The van der Waals surface area contributed by atoms with E-state index in [4.69, 9.17) is 4.74 Å². The molecule has 0 radical (unpaired) electrons. The van der Waals surface area contributed by atoms with Crippen LogP contribution in [-0.2, 0) is 12.8 Å². The molecule has 0 fully saturated rings. The molecule has 1 heterocycles. The highest BCUT2D eigenvalue weighted by Gasteiger charge is 2.31. The van der Waals surface area contributed by atoms with E-state index in [1.54, 1.807) is 0 Å². The van der Waals surface area contributed by atoms with E-state index in [0.717, 1.165) is 25.1 Å². The molecule has 1 aromatic carbocycles. The number of hydrogen-bond donors (Lipinski definition) is 1. The van der Waals surface area contributed by atoms with Crippen LogP contribution in [0.25, 0.3) is 0 Å². The fraction of sp³-hybridized carbons (Fsp3) is 0.647. The highest BCUT2D eigenvalue weighted by molar-refractivity contribution is 5.45. The van der Waals surface area contributed by atoms with Gasteiger partial charge < -0.3 is 10.1 Å². The third kappa shape index (κ3) is 3.73. The van der Waals surface area contributed by atoms with Gasteiger partial charge in [0.25, 0.3) is 0 Å². The van der Waals surface area contributed by atoms with E-state index in [2.05, 4.69) is 51.2 Å². The summed E-state index contributed by atoms with van der Waals surface area (Å²) >= 11 is 0. The zero-order valence-electron chi connectivity index (χ0n) is 12.8. The van der Waals surface area contributed by atoms with E-state index in [-0.39, 0.29) is 5.60 Å². The van der Waals surface area contributed by atoms with Crippen molar-refractivity contribution < 1.29 is 4.74 Å². The van der Waals surface area contributed by atoms with Crippen molar-refractivity contribution in [3.8, 4) is 5.75 Å². The smallest absolute Gasteiger partial charge is 0.126 e. The molecule has 0 aliphatic carbocycles. The van der Waals surface area contributed by atoms with Crippen LogP contribution in [0.3, 0.4) is 0 Å². The molecule has 2 heteroatoms. The Kier molecular flexibility index (Phi) is 4.51. The molecule has 0 amide bonds. The van der Waals surface area contributed by atoms with Gasteiger partial charge in [-0.1, -0.05) is 25.1 Å². The number of ether oxygens (including phenoxy) is 1. The summed E-state index contributed by atoms with van der Waals surface area (Å²) in [4.78, 5) is 0. The zero-order valence-corrected chi connectivity index (χ0v) is 12.8. The van der Waals surface area contributed by atoms with Gasteiger partial charge in [0.1, 0.15) is 11.4 Å². The van der Waals surface area contributed by atoms with E-state index in [9.17, 15) is 0 Å². The average molecular weight is 261 g/mol. The minimum atomic E-state index is -0.0372. The molecule has 106 valence electrons. The van der Waals surface area contributed by atoms with Crippen molar-refractivity contribution in [3.63, 3.8) is 0 Å². The fourth-order valence-corrected chi connectivity index (χ4v) is 2.74. The molecule has 0 spiro atoms. The summed E-state index contributed by atoms with van der Waals surface area (Å²) in [5.74, 6) is 1.15. The van der Waals surface area contributed by atoms with Gasteiger partial charge in [0.15, 0.2) is 0 Å². The number of fused-ring (bicyclic) bond motifs is 1. The Morgan fingerprint density at radius 2 is 2.16 bits per heavy atom. The monoisotopic (exact) mass is 261 g/mol. The van der Waals surface area contributed by atoms with Gasteiger partial charge >= 0.3 is 0 Å². The zero-order chi connectivity index (χ0) is 13.9. The van der Waals surface area contributed by atoms with Crippen LogP contribution in [0.2, 0.25) is 0 Å². The Morgan fingerprint density at radius 1 is 1.37 bits per heavy atom. The molecule has 0 saturated heterocycles. The van der Waals surface area contributed by atoms with Crippen molar-refractivity contribution >= 4 is 0 Å². The van der Waals surface area contributed by atoms with Crippen LogP contribution in [0, 0.1) is 0 Å². The molecule has 1 aromatic rings. The standard InChI is InChI=1S/C17H27NO/c1-5-11-18-13(2)9-10-14-7-6-8-15-12-17(3,4)19-16(14)15/h6-8,13,18H,5,9-12H2,1-4H3. The highest BCUT2D eigenvalue weighted by atomic mass is 16.5. The van der Waals surface area contributed by atoms with Gasteiger partial charge in [0.2, 0.25) is 0 Å². The van der Waals surface area contributed by atoms with Crippen LogP contribution < -0.4 is 10.1 Å². The van der Waals surface area contributed by atoms with Crippen molar-refractivity contribution in [1.82, 2.24) is 5.32 Å². The van der Waals surface area contributed by atoms with Gasteiger partial charge in [0.05, 0.1) is 0 Å². The SMILES string of the molecule is CCCNC(C)CCc1cccc2c1OC(C)(C)C2. The van der Waals surface area contributed by atoms with E-state index in [1.807, 2.05) is 0 Å². The number of nitrogens with one attached hydrogen (secondary N) is 1. The molecule has 2 rings (SSSR count). The summed E-state index contributed by atoms with van der Waals surface area (Å²) < 4.78 is 6.12. The summed E-state index contributed by atoms with van der Waals surface area (Å²) in [5, 5.41) is 3.55. The van der Waals surface area contributed by atoms with Gasteiger partial charge in [-0.25, -0.2) is 0 Å². The number of rotatable bonds is 6. The predicted molar refractivity (Wildman–Crippen MR) is 80.9 cm³/mol. The van der Waals surface area contributed by atoms with Crippen LogP contribution in [0.1, 0.15) is 51.7 Å². The third-order valence-corrected chi connectivity index (χ3v) is 3.76. The Balaban J connectivity index is 1.98. The lowest BCUT2D eigenvalue weighted by molar-refractivity contribution is 0.137. The lowest BCUT2D eigenvalue weighted by atomic mass is 9.98. The summed E-state index contributed by atoms with van der Waals surface area (Å²) in [7, 11) is 0. The second kappa shape index (κ2) is 5.96. The highest BCUT2D eigenvalue weighted by Crippen LogP contribution is 2.38. The summed E-state index contributed by atoms with van der Waals surface area (Å²) in [6, 6.07) is 7.16. The van der Waals surface area contributed by atoms with Crippen LogP contribution in [-0.4, -0.2) is 18.2 Å². The first-order valence-electron chi connectivity index (χ1n) is 7.55. The molecule has 2 nitrogen and oxygen atoms in total. The largest absolute Gasteiger partial charge is 0.487 e. The second-order valence-electron chi connectivity index (χ2n) is 6.34. The molecule has 0 saturated carbocycles. The van der Waals surface area contributed by atoms with Crippen LogP contribution in [0.5, 0.6) is 5.75 Å². The van der Waals surface area contributed by atoms with Crippen molar-refractivity contribution in [2.75, 3.05) is 6.54 Å². The second-order valence-corrected chi connectivity index (χ2v) is 6.34. The maximum Gasteiger partial charge on any atom is 0.126 e. The van der Waals surface area contributed by atoms with E-state index < -0.39 is 0 Å². The quantitative estimate of drug-likeness (QED) is 0.842. The van der Waals surface area contributed by atoms with Gasteiger partial charge in [-0.3, -0.25) is 0 Å². The first-order valence-corrected chi connectivity index (χ1v) is 7.55. The summed E-state index contributed by atoms with van der Waals surface area (Å²) in [6.07, 6.45) is 4.49. The Morgan fingerprint density at radius 3 is 2.89 bits per heavy atom.